The molecule has 2 aromatic rings. The number of hydrogen-bond donors (Lipinski definition) is 2. The Morgan fingerprint density at radius 3 is 2.68 bits per heavy atom. The molecule has 2 rings (SSSR count). The van der Waals surface area contributed by atoms with Crippen molar-refractivity contribution in [1.29, 1.82) is 0 Å². The molecule has 0 saturated heterocycles. The summed E-state index contributed by atoms with van der Waals surface area (Å²) in [5.74, 6) is 1.64. The van der Waals surface area contributed by atoms with Crippen LogP contribution >= 0.6 is 11.3 Å². The van der Waals surface area contributed by atoms with Crippen LogP contribution in [0.4, 0.5) is 0 Å². The molecule has 2 unspecified atom stereocenters. The van der Waals surface area contributed by atoms with Gasteiger partial charge in [-0.2, -0.15) is 0 Å². The number of thiophene rings is 1. The lowest BCUT2D eigenvalue weighted by atomic mass is 10.1. The van der Waals surface area contributed by atoms with Crippen LogP contribution in [0, 0.1) is 0 Å². The van der Waals surface area contributed by atoms with Crippen molar-refractivity contribution in [1.82, 2.24) is 5.32 Å². The number of hydrogen-bond acceptors (Lipinski definition) is 5. The lowest BCUT2D eigenvalue weighted by Gasteiger charge is -2.18. The molecule has 4 nitrogen and oxygen atoms in total. The highest BCUT2D eigenvalue weighted by Gasteiger charge is 2.14. The standard InChI is InChI=1S/C17H23NO3S/c1-12(9-15(19)17-5-4-8-22-17)18-11-13-10-14(20-2)6-7-16(13)21-3/h4-8,10,12,15,18-19H,9,11H2,1-3H3. The summed E-state index contributed by atoms with van der Waals surface area (Å²) in [6.45, 7) is 2.74. The molecule has 2 N–H and O–H groups in total. The van der Waals surface area contributed by atoms with Crippen LogP contribution in [0.15, 0.2) is 35.7 Å². The summed E-state index contributed by atoms with van der Waals surface area (Å²) in [6.07, 6.45) is 0.252. The van der Waals surface area contributed by atoms with Crippen LogP contribution in [-0.4, -0.2) is 25.4 Å². The fourth-order valence-electron chi connectivity index (χ4n) is 2.32. The number of methoxy groups -OCH3 is 2. The van der Waals surface area contributed by atoms with Crippen LogP contribution < -0.4 is 14.8 Å². The van der Waals surface area contributed by atoms with Gasteiger partial charge in [-0.3, -0.25) is 0 Å². The summed E-state index contributed by atoms with van der Waals surface area (Å²) in [6, 6.07) is 9.87. The molecular weight excluding hydrogens is 298 g/mol. The second-order valence-corrected chi connectivity index (χ2v) is 6.21. The molecule has 2 atom stereocenters. The first kappa shape index (κ1) is 16.8. The molecule has 5 heteroatoms. The fourth-order valence-corrected chi connectivity index (χ4v) is 3.04. The van der Waals surface area contributed by atoms with Crippen molar-refractivity contribution in [3.8, 4) is 11.5 Å². The van der Waals surface area contributed by atoms with E-state index in [4.69, 9.17) is 9.47 Å². The Morgan fingerprint density at radius 1 is 1.23 bits per heavy atom. The lowest BCUT2D eigenvalue weighted by Crippen LogP contribution is -2.27. The maximum Gasteiger partial charge on any atom is 0.123 e. The first-order valence-corrected chi connectivity index (χ1v) is 8.17. The molecule has 1 aromatic heterocycles. The third-order valence-corrected chi connectivity index (χ3v) is 4.55. The van der Waals surface area contributed by atoms with E-state index in [2.05, 4.69) is 12.2 Å². The minimum Gasteiger partial charge on any atom is -0.497 e. The third kappa shape index (κ3) is 4.47. The van der Waals surface area contributed by atoms with Gasteiger partial charge < -0.3 is 19.9 Å². The smallest absolute Gasteiger partial charge is 0.123 e. The Morgan fingerprint density at radius 2 is 2.05 bits per heavy atom. The topological polar surface area (TPSA) is 50.7 Å². The minimum absolute atomic E-state index is 0.188. The molecule has 22 heavy (non-hydrogen) atoms. The zero-order valence-corrected chi connectivity index (χ0v) is 14.0. The van der Waals surface area contributed by atoms with E-state index in [1.54, 1.807) is 25.6 Å². The van der Waals surface area contributed by atoms with Gasteiger partial charge in [-0.05, 0) is 43.0 Å². The van der Waals surface area contributed by atoms with E-state index in [1.165, 1.54) is 0 Å². The number of benzene rings is 1. The quantitative estimate of drug-likeness (QED) is 0.783. The average Bonchev–Trinajstić information content (AvgIpc) is 3.07. The molecule has 1 aromatic carbocycles. The van der Waals surface area contributed by atoms with Crippen molar-refractivity contribution < 1.29 is 14.6 Å². The number of ether oxygens (including phenoxy) is 2. The monoisotopic (exact) mass is 321 g/mol. The summed E-state index contributed by atoms with van der Waals surface area (Å²) in [5.41, 5.74) is 1.04. The van der Waals surface area contributed by atoms with Crippen molar-refractivity contribution in [3.05, 3.63) is 46.2 Å². The van der Waals surface area contributed by atoms with Crippen molar-refractivity contribution in [3.63, 3.8) is 0 Å². The van der Waals surface area contributed by atoms with E-state index in [-0.39, 0.29) is 6.04 Å². The largest absolute Gasteiger partial charge is 0.497 e. The second kappa shape index (κ2) is 8.17. The molecule has 0 aliphatic rings. The molecule has 0 saturated carbocycles. The van der Waals surface area contributed by atoms with Crippen LogP contribution in [0.3, 0.4) is 0 Å². The highest BCUT2D eigenvalue weighted by atomic mass is 32.1. The van der Waals surface area contributed by atoms with Gasteiger partial charge >= 0.3 is 0 Å². The van der Waals surface area contributed by atoms with Gasteiger partial charge in [0.15, 0.2) is 0 Å². The second-order valence-electron chi connectivity index (χ2n) is 5.23. The Bertz CT molecular complexity index is 571. The Balaban J connectivity index is 1.91. The third-order valence-electron chi connectivity index (χ3n) is 3.58. The van der Waals surface area contributed by atoms with E-state index in [0.717, 1.165) is 21.9 Å². The van der Waals surface area contributed by atoms with E-state index in [1.807, 2.05) is 35.7 Å². The van der Waals surface area contributed by atoms with E-state index < -0.39 is 6.10 Å². The Kier molecular flexibility index (Phi) is 6.24. The van der Waals surface area contributed by atoms with Gasteiger partial charge in [0.1, 0.15) is 11.5 Å². The molecule has 0 fully saturated rings. The normalized spacial score (nSPS) is 13.6. The summed E-state index contributed by atoms with van der Waals surface area (Å²) in [5, 5.41) is 15.6. The van der Waals surface area contributed by atoms with E-state index in [9.17, 15) is 5.11 Å². The highest BCUT2D eigenvalue weighted by Crippen LogP contribution is 2.25. The van der Waals surface area contributed by atoms with Crippen LogP contribution in [-0.2, 0) is 6.54 Å². The van der Waals surface area contributed by atoms with Gasteiger partial charge in [-0.15, -0.1) is 11.3 Å². The molecule has 0 radical (unpaired) electrons. The fraction of sp³-hybridized carbons (Fsp3) is 0.412. The maximum absolute atomic E-state index is 10.2. The summed E-state index contributed by atoms with van der Waals surface area (Å²) in [4.78, 5) is 1.01. The number of nitrogens with one attached hydrogen (secondary N) is 1. The SMILES string of the molecule is COc1ccc(OC)c(CNC(C)CC(O)c2cccs2)c1. The molecule has 0 bridgehead atoms. The Labute approximate surface area is 135 Å². The first-order chi connectivity index (χ1) is 10.6. The van der Waals surface area contributed by atoms with Gasteiger partial charge in [-0.1, -0.05) is 6.07 Å². The zero-order chi connectivity index (χ0) is 15.9. The molecular formula is C17H23NO3S. The van der Waals surface area contributed by atoms with E-state index >= 15 is 0 Å². The van der Waals surface area contributed by atoms with Crippen molar-refractivity contribution in [2.75, 3.05) is 14.2 Å². The van der Waals surface area contributed by atoms with Gasteiger partial charge in [0, 0.05) is 23.0 Å². The van der Waals surface area contributed by atoms with Crippen molar-refractivity contribution in [2.24, 2.45) is 0 Å². The van der Waals surface area contributed by atoms with Gasteiger partial charge in [0.2, 0.25) is 0 Å². The van der Waals surface area contributed by atoms with Crippen LogP contribution in [0.25, 0.3) is 0 Å². The van der Waals surface area contributed by atoms with E-state index in [0.29, 0.717) is 13.0 Å². The zero-order valence-electron chi connectivity index (χ0n) is 13.2. The Hall–Kier alpha value is -1.56. The van der Waals surface area contributed by atoms with Crippen LogP contribution in [0.2, 0.25) is 0 Å². The highest BCUT2D eigenvalue weighted by molar-refractivity contribution is 7.10. The van der Waals surface area contributed by atoms with Crippen LogP contribution in [0.1, 0.15) is 29.9 Å². The average molecular weight is 321 g/mol. The van der Waals surface area contributed by atoms with Crippen LogP contribution in [0.5, 0.6) is 11.5 Å². The summed E-state index contributed by atoms with van der Waals surface area (Å²) < 4.78 is 10.6. The molecule has 0 amide bonds. The lowest BCUT2D eigenvalue weighted by molar-refractivity contribution is 0.157. The van der Waals surface area contributed by atoms with Crippen molar-refractivity contribution in [2.45, 2.75) is 32.0 Å². The molecule has 1 heterocycles. The maximum atomic E-state index is 10.2. The number of rotatable bonds is 8. The predicted molar refractivity (Wildman–Crippen MR) is 89.7 cm³/mol. The van der Waals surface area contributed by atoms with Gasteiger partial charge in [-0.25, -0.2) is 0 Å². The molecule has 0 aliphatic carbocycles. The summed E-state index contributed by atoms with van der Waals surface area (Å²) in [7, 11) is 3.31. The number of aliphatic hydroxyl groups excluding tert-OH is 1. The minimum atomic E-state index is -0.422. The summed E-state index contributed by atoms with van der Waals surface area (Å²) >= 11 is 1.58. The number of aliphatic hydroxyl groups is 1. The van der Waals surface area contributed by atoms with Gasteiger partial charge in [0.05, 0.1) is 20.3 Å². The molecule has 0 aliphatic heterocycles. The first-order valence-electron chi connectivity index (χ1n) is 7.29. The molecule has 120 valence electrons. The van der Waals surface area contributed by atoms with Crippen molar-refractivity contribution >= 4 is 11.3 Å². The molecule has 0 spiro atoms. The van der Waals surface area contributed by atoms with Gasteiger partial charge in [0.25, 0.3) is 0 Å². The predicted octanol–water partition coefficient (Wildman–Crippen LogP) is 3.37.